The van der Waals surface area contributed by atoms with Crippen molar-refractivity contribution >= 4 is 15.9 Å². The van der Waals surface area contributed by atoms with E-state index in [0.29, 0.717) is 0 Å². The van der Waals surface area contributed by atoms with E-state index in [1.165, 1.54) is 6.08 Å². The second kappa shape index (κ2) is 3.00. The van der Waals surface area contributed by atoms with Crippen LogP contribution in [0.25, 0.3) is 0 Å². The zero-order valence-electron chi connectivity index (χ0n) is 5.18. The molecule has 0 saturated carbocycles. The Morgan fingerprint density at radius 2 is 1.60 bits per heavy atom. The van der Waals surface area contributed by atoms with Gasteiger partial charge in [-0.05, 0) is 0 Å². The fourth-order valence-electron chi connectivity index (χ4n) is 0.838. The van der Waals surface area contributed by atoms with Crippen LogP contribution in [0.1, 0.15) is 0 Å². The number of hydrogen-bond donors (Lipinski definition) is 3. The average Bonchev–Trinajstić information content (AvgIpc) is 1.93. The van der Waals surface area contributed by atoms with Crippen LogP contribution in [-0.2, 0) is 0 Å². The molecular weight excluding hydrogens is 200 g/mol. The van der Waals surface area contributed by atoms with Gasteiger partial charge >= 0.3 is 0 Å². The first-order chi connectivity index (χ1) is 4.63. The van der Waals surface area contributed by atoms with Gasteiger partial charge in [0.25, 0.3) is 0 Å². The van der Waals surface area contributed by atoms with Crippen LogP contribution < -0.4 is 0 Å². The van der Waals surface area contributed by atoms with Crippen molar-refractivity contribution in [2.24, 2.45) is 0 Å². The second-order valence-electron chi connectivity index (χ2n) is 2.30. The second-order valence-corrected chi connectivity index (χ2v) is 3.36. The number of hydrogen-bond acceptors (Lipinski definition) is 3. The zero-order chi connectivity index (χ0) is 7.72. The lowest BCUT2D eigenvalue weighted by molar-refractivity contribution is -0.0422. The van der Waals surface area contributed by atoms with Crippen LogP contribution in [-0.4, -0.2) is 38.5 Å². The monoisotopic (exact) mass is 208 g/mol. The van der Waals surface area contributed by atoms with Crippen molar-refractivity contribution in [1.82, 2.24) is 0 Å². The van der Waals surface area contributed by atoms with E-state index >= 15 is 0 Å². The third-order valence-corrected chi connectivity index (χ3v) is 2.37. The molecule has 1 rings (SSSR count). The Bertz CT molecular complexity index is 132. The Balaban J connectivity index is 2.69. The Kier molecular flexibility index (Phi) is 2.46. The van der Waals surface area contributed by atoms with Gasteiger partial charge in [0.1, 0.15) is 12.2 Å². The third kappa shape index (κ3) is 1.40. The Hall–Kier alpha value is 0.1000. The summed E-state index contributed by atoms with van der Waals surface area (Å²) in [6.45, 7) is 0. The van der Waals surface area contributed by atoms with Crippen molar-refractivity contribution in [2.45, 2.75) is 23.1 Å². The Morgan fingerprint density at radius 1 is 1.00 bits per heavy atom. The molecule has 58 valence electrons. The SMILES string of the molecule is OC1C=CC(Br)C(O)C1O. The van der Waals surface area contributed by atoms with Crippen molar-refractivity contribution in [3.8, 4) is 0 Å². The summed E-state index contributed by atoms with van der Waals surface area (Å²) in [5, 5.41) is 27.1. The summed E-state index contributed by atoms with van der Waals surface area (Å²) in [6.07, 6.45) is 0.136. The summed E-state index contributed by atoms with van der Waals surface area (Å²) in [7, 11) is 0. The maximum absolute atomic E-state index is 9.11. The van der Waals surface area contributed by atoms with Gasteiger partial charge in [-0.2, -0.15) is 0 Å². The summed E-state index contributed by atoms with van der Waals surface area (Å²) >= 11 is 3.11. The summed E-state index contributed by atoms with van der Waals surface area (Å²) in [4.78, 5) is -0.258. The molecule has 3 N–H and O–H groups in total. The van der Waals surface area contributed by atoms with Crippen LogP contribution in [0.2, 0.25) is 0 Å². The molecule has 0 heterocycles. The van der Waals surface area contributed by atoms with Crippen molar-refractivity contribution in [3.05, 3.63) is 12.2 Å². The molecule has 1 aliphatic carbocycles. The van der Waals surface area contributed by atoms with Gasteiger partial charge < -0.3 is 15.3 Å². The Labute approximate surface area is 67.1 Å². The van der Waals surface area contributed by atoms with Crippen LogP contribution in [0.3, 0.4) is 0 Å². The molecule has 0 aromatic rings. The van der Waals surface area contributed by atoms with Crippen LogP contribution in [0.15, 0.2) is 12.2 Å². The molecule has 4 atom stereocenters. The van der Waals surface area contributed by atoms with Gasteiger partial charge in [-0.15, -0.1) is 0 Å². The lowest BCUT2D eigenvalue weighted by atomic mass is 9.99. The number of rotatable bonds is 0. The van der Waals surface area contributed by atoms with E-state index in [4.69, 9.17) is 15.3 Å². The van der Waals surface area contributed by atoms with Gasteiger partial charge in [0.2, 0.25) is 0 Å². The fraction of sp³-hybridized carbons (Fsp3) is 0.667. The normalized spacial score (nSPS) is 47.6. The molecule has 0 aliphatic heterocycles. The highest BCUT2D eigenvalue weighted by molar-refractivity contribution is 9.09. The first-order valence-electron chi connectivity index (χ1n) is 2.99. The van der Waals surface area contributed by atoms with Crippen LogP contribution >= 0.6 is 15.9 Å². The van der Waals surface area contributed by atoms with Crippen LogP contribution in [0.4, 0.5) is 0 Å². The van der Waals surface area contributed by atoms with Crippen molar-refractivity contribution in [1.29, 1.82) is 0 Å². The number of aliphatic hydroxyl groups is 3. The topological polar surface area (TPSA) is 60.7 Å². The summed E-state index contributed by atoms with van der Waals surface area (Å²) in [5.74, 6) is 0. The summed E-state index contributed by atoms with van der Waals surface area (Å²) < 4.78 is 0. The highest BCUT2D eigenvalue weighted by atomic mass is 79.9. The first kappa shape index (κ1) is 8.20. The molecular formula is C6H9BrO3. The molecule has 4 unspecified atom stereocenters. The molecule has 0 bridgehead atoms. The van der Waals surface area contributed by atoms with Crippen LogP contribution in [0.5, 0.6) is 0 Å². The summed E-state index contributed by atoms with van der Waals surface area (Å²) in [6, 6.07) is 0. The van der Waals surface area contributed by atoms with E-state index in [2.05, 4.69) is 15.9 Å². The smallest absolute Gasteiger partial charge is 0.111 e. The molecule has 0 spiro atoms. The van der Waals surface area contributed by atoms with Gasteiger partial charge in [0, 0.05) is 0 Å². The molecule has 10 heavy (non-hydrogen) atoms. The largest absolute Gasteiger partial charge is 0.389 e. The van der Waals surface area contributed by atoms with Gasteiger partial charge in [0.05, 0.1) is 10.9 Å². The van der Waals surface area contributed by atoms with E-state index in [1.54, 1.807) is 6.08 Å². The van der Waals surface area contributed by atoms with E-state index < -0.39 is 18.3 Å². The summed E-state index contributed by atoms with van der Waals surface area (Å²) in [5.41, 5.74) is 0. The molecule has 0 aromatic carbocycles. The molecule has 3 nitrogen and oxygen atoms in total. The van der Waals surface area contributed by atoms with Gasteiger partial charge in [-0.25, -0.2) is 0 Å². The highest BCUT2D eigenvalue weighted by Gasteiger charge is 2.30. The zero-order valence-corrected chi connectivity index (χ0v) is 6.77. The highest BCUT2D eigenvalue weighted by Crippen LogP contribution is 2.19. The van der Waals surface area contributed by atoms with E-state index in [1.807, 2.05) is 0 Å². The molecule has 1 aliphatic rings. The average molecular weight is 209 g/mol. The molecule has 0 saturated heterocycles. The number of alkyl halides is 1. The van der Waals surface area contributed by atoms with Crippen LogP contribution in [0, 0.1) is 0 Å². The van der Waals surface area contributed by atoms with E-state index in [0.717, 1.165) is 0 Å². The van der Waals surface area contributed by atoms with Crippen molar-refractivity contribution in [3.63, 3.8) is 0 Å². The molecule has 0 fully saturated rings. The molecule has 0 amide bonds. The van der Waals surface area contributed by atoms with Gasteiger partial charge in [-0.3, -0.25) is 0 Å². The maximum Gasteiger partial charge on any atom is 0.111 e. The lowest BCUT2D eigenvalue weighted by Crippen LogP contribution is -2.43. The maximum atomic E-state index is 9.11. The van der Waals surface area contributed by atoms with Crippen molar-refractivity contribution < 1.29 is 15.3 Å². The quantitative estimate of drug-likeness (QED) is 0.369. The molecule has 4 heteroatoms. The van der Waals surface area contributed by atoms with Gasteiger partial charge in [0.15, 0.2) is 0 Å². The predicted molar refractivity (Wildman–Crippen MR) is 39.9 cm³/mol. The number of aliphatic hydroxyl groups excluding tert-OH is 3. The lowest BCUT2D eigenvalue weighted by Gasteiger charge is -2.27. The van der Waals surface area contributed by atoms with E-state index in [9.17, 15) is 0 Å². The minimum atomic E-state index is -1.07. The first-order valence-corrected chi connectivity index (χ1v) is 3.91. The Morgan fingerprint density at radius 3 is 2.10 bits per heavy atom. The standard InChI is InChI=1S/C6H9BrO3/c7-3-1-2-4(8)6(10)5(3)9/h1-6,8-10H. The molecule has 0 radical (unpaired) electrons. The molecule has 0 aromatic heterocycles. The minimum Gasteiger partial charge on any atom is -0.389 e. The fourth-order valence-corrected chi connectivity index (χ4v) is 1.33. The predicted octanol–water partition coefficient (Wildman–Crippen LogP) is -0.598. The third-order valence-electron chi connectivity index (χ3n) is 1.52. The van der Waals surface area contributed by atoms with Gasteiger partial charge in [-0.1, -0.05) is 28.1 Å². The van der Waals surface area contributed by atoms with E-state index in [-0.39, 0.29) is 4.83 Å². The minimum absolute atomic E-state index is 0.258. The van der Waals surface area contributed by atoms with Crippen molar-refractivity contribution in [2.75, 3.05) is 0 Å². The number of halogens is 1.